The first-order valence-electron chi connectivity index (χ1n) is 9.59. The Bertz CT molecular complexity index is 1020. The average Bonchev–Trinajstić information content (AvgIpc) is 2.92. The highest BCUT2D eigenvalue weighted by Gasteiger charge is 2.35. The van der Waals surface area contributed by atoms with Crippen molar-refractivity contribution in [2.24, 2.45) is 0 Å². The highest BCUT2D eigenvalue weighted by atomic mass is 79.9. The van der Waals surface area contributed by atoms with Gasteiger partial charge < -0.3 is 10.6 Å². The zero-order chi connectivity index (χ0) is 21.8. The number of benzene rings is 2. The quantitative estimate of drug-likeness (QED) is 0.602. The summed E-state index contributed by atoms with van der Waals surface area (Å²) in [4.78, 5) is 49.6. The molecule has 0 aromatic heterocycles. The number of imide groups is 1. The van der Waals surface area contributed by atoms with Crippen LogP contribution in [-0.4, -0.2) is 35.1 Å². The second-order valence-corrected chi connectivity index (χ2v) is 8.07. The highest BCUT2D eigenvalue weighted by Crippen LogP contribution is 2.26. The van der Waals surface area contributed by atoms with Crippen LogP contribution in [0.4, 0.5) is 5.69 Å². The van der Waals surface area contributed by atoms with Crippen LogP contribution < -0.4 is 10.6 Å². The van der Waals surface area contributed by atoms with Gasteiger partial charge in [-0.05, 0) is 49.2 Å². The van der Waals surface area contributed by atoms with Gasteiger partial charge >= 0.3 is 0 Å². The second-order valence-electron chi connectivity index (χ2n) is 7.15. The number of nitrogens with one attached hydrogen (secondary N) is 2. The lowest BCUT2D eigenvalue weighted by Crippen LogP contribution is -2.32. The van der Waals surface area contributed by atoms with Crippen LogP contribution in [0.25, 0.3) is 0 Å². The Hall–Kier alpha value is -3.00. The number of carbonyl (C=O) groups excluding carboxylic acids is 4. The number of carbonyl (C=O) groups is 4. The van der Waals surface area contributed by atoms with Crippen molar-refractivity contribution in [3.05, 3.63) is 63.6 Å². The number of anilines is 1. The number of hydrogen-bond acceptors (Lipinski definition) is 4. The van der Waals surface area contributed by atoms with E-state index in [2.05, 4.69) is 26.6 Å². The fourth-order valence-electron chi connectivity index (χ4n) is 3.35. The third-order valence-corrected chi connectivity index (χ3v) is 5.30. The van der Waals surface area contributed by atoms with Crippen molar-refractivity contribution >= 4 is 45.2 Å². The summed E-state index contributed by atoms with van der Waals surface area (Å²) < 4.78 is 0.736. The fraction of sp³-hybridized carbons (Fsp3) is 0.273. The molecule has 2 N–H and O–H groups in total. The van der Waals surface area contributed by atoms with E-state index >= 15 is 0 Å². The predicted molar refractivity (Wildman–Crippen MR) is 116 cm³/mol. The summed E-state index contributed by atoms with van der Waals surface area (Å²) >= 11 is 3.31. The van der Waals surface area contributed by atoms with Crippen molar-refractivity contribution in [3.63, 3.8) is 0 Å². The zero-order valence-corrected chi connectivity index (χ0v) is 18.3. The fourth-order valence-corrected chi connectivity index (χ4v) is 3.71. The Morgan fingerprint density at radius 1 is 1.07 bits per heavy atom. The van der Waals surface area contributed by atoms with E-state index in [1.807, 2.05) is 25.1 Å². The largest absolute Gasteiger partial charge is 0.350 e. The van der Waals surface area contributed by atoms with Gasteiger partial charge in [-0.25, -0.2) is 0 Å². The lowest BCUT2D eigenvalue weighted by molar-refractivity contribution is -0.122. The third kappa shape index (κ3) is 4.94. The van der Waals surface area contributed by atoms with E-state index in [1.165, 1.54) is 11.8 Å². The van der Waals surface area contributed by atoms with E-state index in [4.69, 9.17) is 0 Å². The van der Waals surface area contributed by atoms with E-state index in [9.17, 15) is 19.2 Å². The van der Waals surface area contributed by atoms with Crippen LogP contribution in [0.5, 0.6) is 0 Å². The molecule has 0 aliphatic carbocycles. The van der Waals surface area contributed by atoms with Gasteiger partial charge in [-0.2, -0.15) is 0 Å². The summed E-state index contributed by atoms with van der Waals surface area (Å²) in [7, 11) is 0. The Morgan fingerprint density at radius 3 is 2.53 bits per heavy atom. The number of amides is 4. The van der Waals surface area contributed by atoms with Crippen LogP contribution in [0.15, 0.2) is 46.9 Å². The number of nitrogens with zero attached hydrogens (tertiary/aromatic N) is 1. The first-order chi connectivity index (χ1) is 14.3. The summed E-state index contributed by atoms with van der Waals surface area (Å²) in [5.74, 6) is -0.998. The van der Waals surface area contributed by atoms with Crippen LogP contribution in [0, 0.1) is 0 Å². The van der Waals surface area contributed by atoms with Gasteiger partial charge in [-0.15, -0.1) is 0 Å². The molecule has 1 atom stereocenters. The predicted octanol–water partition coefficient (Wildman–Crippen LogP) is 3.66. The summed E-state index contributed by atoms with van der Waals surface area (Å²) in [5.41, 5.74) is 2.30. The van der Waals surface area contributed by atoms with Crippen LogP contribution in [-0.2, 0) is 9.59 Å². The molecule has 0 radical (unpaired) electrons. The minimum atomic E-state index is -0.333. The van der Waals surface area contributed by atoms with Crippen molar-refractivity contribution in [2.45, 2.75) is 32.7 Å². The molecular weight excluding hydrogens is 450 g/mol. The number of halogens is 1. The van der Waals surface area contributed by atoms with Crippen LogP contribution >= 0.6 is 15.9 Å². The Labute approximate surface area is 183 Å². The van der Waals surface area contributed by atoms with Crippen molar-refractivity contribution in [1.29, 1.82) is 0 Å². The van der Waals surface area contributed by atoms with Crippen LogP contribution in [0.1, 0.15) is 59.0 Å². The summed E-state index contributed by atoms with van der Waals surface area (Å²) in [6.07, 6.45) is 0.559. The summed E-state index contributed by atoms with van der Waals surface area (Å²) in [6, 6.07) is 12.0. The summed E-state index contributed by atoms with van der Waals surface area (Å²) in [6.45, 7) is 3.47. The smallest absolute Gasteiger partial charge is 0.261 e. The minimum Gasteiger partial charge on any atom is -0.350 e. The molecule has 1 aliphatic heterocycles. The zero-order valence-electron chi connectivity index (χ0n) is 16.7. The van der Waals surface area contributed by atoms with Crippen molar-refractivity contribution in [1.82, 2.24) is 10.2 Å². The topological polar surface area (TPSA) is 95.6 Å². The third-order valence-electron chi connectivity index (χ3n) is 4.80. The Kier molecular flexibility index (Phi) is 6.66. The molecule has 1 unspecified atom stereocenters. The molecule has 0 bridgehead atoms. The van der Waals surface area contributed by atoms with E-state index in [-0.39, 0.29) is 42.6 Å². The number of hydrogen-bond donors (Lipinski definition) is 2. The molecule has 3 rings (SSSR count). The maximum Gasteiger partial charge on any atom is 0.261 e. The van der Waals surface area contributed by atoms with Gasteiger partial charge in [0.25, 0.3) is 11.8 Å². The molecule has 0 saturated carbocycles. The van der Waals surface area contributed by atoms with Gasteiger partial charge in [0.15, 0.2) is 0 Å². The van der Waals surface area contributed by atoms with Crippen molar-refractivity contribution < 1.29 is 19.2 Å². The van der Waals surface area contributed by atoms with Crippen molar-refractivity contribution in [2.75, 3.05) is 11.9 Å². The van der Waals surface area contributed by atoms with Gasteiger partial charge in [0.1, 0.15) is 0 Å². The Morgan fingerprint density at radius 2 is 1.80 bits per heavy atom. The molecule has 4 amide bonds. The average molecular weight is 472 g/mol. The van der Waals surface area contributed by atoms with Gasteiger partial charge in [-0.3, -0.25) is 24.1 Å². The Balaban J connectivity index is 1.51. The molecular formula is C22H22BrN3O4. The van der Waals surface area contributed by atoms with Gasteiger partial charge in [0.2, 0.25) is 11.8 Å². The molecule has 7 nitrogen and oxygen atoms in total. The van der Waals surface area contributed by atoms with Gasteiger partial charge in [0.05, 0.1) is 17.2 Å². The molecule has 30 heavy (non-hydrogen) atoms. The molecule has 0 saturated heterocycles. The van der Waals surface area contributed by atoms with Crippen LogP contribution in [0.2, 0.25) is 0 Å². The van der Waals surface area contributed by atoms with Gasteiger partial charge in [-0.1, -0.05) is 28.1 Å². The molecule has 2 aromatic carbocycles. The van der Waals surface area contributed by atoms with Gasteiger partial charge in [0, 0.05) is 30.0 Å². The van der Waals surface area contributed by atoms with E-state index in [0.29, 0.717) is 23.2 Å². The number of rotatable bonds is 7. The molecule has 0 fully saturated rings. The highest BCUT2D eigenvalue weighted by molar-refractivity contribution is 9.10. The van der Waals surface area contributed by atoms with E-state index in [1.54, 1.807) is 24.3 Å². The van der Waals surface area contributed by atoms with E-state index < -0.39 is 0 Å². The normalized spacial score (nSPS) is 13.8. The first-order valence-corrected chi connectivity index (χ1v) is 10.4. The van der Waals surface area contributed by atoms with Crippen molar-refractivity contribution in [3.8, 4) is 0 Å². The monoisotopic (exact) mass is 471 g/mol. The SMILES string of the molecule is CC(=O)Nc1cccc(C(C)NC(=O)CCCN2C(=O)c3ccc(Br)cc3C2=O)c1. The standard InChI is InChI=1S/C22H22BrN3O4/c1-13(15-5-3-6-17(11-15)25-14(2)27)24-20(28)7-4-10-26-21(29)18-9-8-16(23)12-19(18)22(26)30/h3,5-6,8-9,11-13H,4,7,10H2,1-2H3,(H,24,28)(H,25,27). The maximum atomic E-state index is 12.5. The lowest BCUT2D eigenvalue weighted by atomic mass is 10.1. The molecule has 0 spiro atoms. The summed E-state index contributed by atoms with van der Waals surface area (Å²) in [5, 5.41) is 5.62. The molecule has 156 valence electrons. The second kappa shape index (κ2) is 9.21. The molecule has 1 aliphatic rings. The van der Waals surface area contributed by atoms with Crippen LogP contribution in [0.3, 0.4) is 0 Å². The first kappa shape index (κ1) is 21.7. The maximum absolute atomic E-state index is 12.5. The number of fused-ring (bicyclic) bond motifs is 1. The van der Waals surface area contributed by atoms with E-state index in [0.717, 1.165) is 10.0 Å². The molecule has 8 heteroatoms. The molecule has 2 aromatic rings. The minimum absolute atomic E-state index is 0.163. The molecule has 1 heterocycles. The lowest BCUT2D eigenvalue weighted by Gasteiger charge is -2.17.